The summed E-state index contributed by atoms with van der Waals surface area (Å²) in [6.07, 6.45) is 5.02. The fraction of sp³-hybridized carbons (Fsp3) is 0.467. The summed E-state index contributed by atoms with van der Waals surface area (Å²) in [6, 6.07) is 6.43. The number of hydrogen-bond acceptors (Lipinski definition) is 4. The number of likely N-dealkylation sites (tertiary alicyclic amines) is 1. The molecule has 2 aliphatic rings. The van der Waals surface area contributed by atoms with Crippen LogP contribution >= 0.6 is 0 Å². The van der Waals surface area contributed by atoms with Gasteiger partial charge in [0.15, 0.2) is 11.5 Å². The molecule has 6 nitrogen and oxygen atoms in total. The minimum Gasteiger partial charge on any atom is -0.463 e. The van der Waals surface area contributed by atoms with Crippen LogP contribution in [0.4, 0.5) is 0 Å². The fourth-order valence-corrected chi connectivity index (χ4v) is 3.28. The van der Waals surface area contributed by atoms with Crippen LogP contribution in [0, 0.1) is 0 Å². The molecule has 4 rings (SSSR count). The van der Waals surface area contributed by atoms with Crippen molar-refractivity contribution in [1.29, 1.82) is 0 Å². The third-order valence-electron chi connectivity index (χ3n) is 4.39. The first-order valence-electron chi connectivity index (χ1n) is 7.44. The second-order valence-corrected chi connectivity index (χ2v) is 5.82. The van der Waals surface area contributed by atoms with Crippen LogP contribution in [0.15, 0.2) is 28.9 Å². The van der Waals surface area contributed by atoms with Crippen LogP contribution in [-0.2, 0) is 0 Å². The highest BCUT2D eigenvalue weighted by Gasteiger charge is 2.32. The molecule has 0 saturated carbocycles. The lowest BCUT2D eigenvalue weighted by atomic mass is 10.1. The number of nitrogens with one attached hydrogen (secondary N) is 2. The quantitative estimate of drug-likeness (QED) is 0.880. The van der Waals surface area contributed by atoms with E-state index in [2.05, 4.69) is 15.5 Å². The lowest BCUT2D eigenvalue weighted by molar-refractivity contribution is 0.0742. The van der Waals surface area contributed by atoms with Gasteiger partial charge in [0.05, 0.1) is 6.26 Å². The second kappa shape index (κ2) is 5.04. The van der Waals surface area contributed by atoms with Crippen LogP contribution in [0.2, 0.25) is 0 Å². The smallest absolute Gasteiger partial charge is 0.274 e. The molecule has 2 aromatic rings. The summed E-state index contributed by atoms with van der Waals surface area (Å²) in [5.74, 6) is 0.691. The van der Waals surface area contributed by atoms with Crippen molar-refractivity contribution in [3.63, 3.8) is 0 Å². The zero-order valence-electron chi connectivity index (χ0n) is 11.7. The minimum atomic E-state index is -0.00148. The van der Waals surface area contributed by atoms with Gasteiger partial charge < -0.3 is 14.6 Å². The van der Waals surface area contributed by atoms with E-state index in [-0.39, 0.29) is 5.91 Å². The Morgan fingerprint density at radius 3 is 3.10 bits per heavy atom. The van der Waals surface area contributed by atoms with E-state index in [1.165, 1.54) is 6.42 Å². The van der Waals surface area contributed by atoms with E-state index in [0.717, 1.165) is 31.6 Å². The molecule has 2 atom stereocenters. The van der Waals surface area contributed by atoms with Crippen LogP contribution in [0.1, 0.15) is 29.8 Å². The van der Waals surface area contributed by atoms with Crippen molar-refractivity contribution >= 4 is 5.91 Å². The van der Waals surface area contributed by atoms with Gasteiger partial charge in [-0.25, -0.2) is 0 Å². The summed E-state index contributed by atoms with van der Waals surface area (Å²) in [7, 11) is 0. The number of rotatable bonds is 2. The molecule has 0 aromatic carbocycles. The second-order valence-electron chi connectivity index (χ2n) is 5.82. The predicted molar refractivity (Wildman–Crippen MR) is 76.8 cm³/mol. The molecule has 0 spiro atoms. The van der Waals surface area contributed by atoms with Crippen molar-refractivity contribution in [2.45, 2.75) is 31.3 Å². The highest BCUT2D eigenvalue weighted by atomic mass is 16.3. The SMILES string of the molecule is O=C(c1cc(-c2ccco2)[nH]n1)N1CCC2CCC(C1)N2. The van der Waals surface area contributed by atoms with E-state index in [1.807, 2.05) is 17.0 Å². The first-order chi connectivity index (χ1) is 10.3. The first-order valence-corrected chi connectivity index (χ1v) is 7.44. The van der Waals surface area contributed by atoms with E-state index in [0.29, 0.717) is 23.5 Å². The summed E-state index contributed by atoms with van der Waals surface area (Å²) >= 11 is 0. The number of furan rings is 1. The zero-order valence-corrected chi connectivity index (χ0v) is 11.7. The number of nitrogens with zero attached hydrogens (tertiary/aromatic N) is 2. The Labute approximate surface area is 122 Å². The van der Waals surface area contributed by atoms with E-state index in [4.69, 9.17) is 4.42 Å². The lowest BCUT2D eigenvalue weighted by Crippen LogP contribution is -2.39. The van der Waals surface area contributed by atoms with Crippen LogP contribution in [0.5, 0.6) is 0 Å². The molecule has 2 bridgehead atoms. The molecule has 21 heavy (non-hydrogen) atoms. The van der Waals surface area contributed by atoms with Crippen molar-refractivity contribution in [3.8, 4) is 11.5 Å². The molecule has 2 N–H and O–H groups in total. The Morgan fingerprint density at radius 2 is 2.24 bits per heavy atom. The minimum absolute atomic E-state index is 0.00148. The monoisotopic (exact) mass is 286 g/mol. The molecular formula is C15H18N4O2. The van der Waals surface area contributed by atoms with Gasteiger partial charge in [0.1, 0.15) is 5.69 Å². The topological polar surface area (TPSA) is 74.2 Å². The molecular weight excluding hydrogens is 268 g/mol. The van der Waals surface area contributed by atoms with Crippen molar-refractivity contribution in [3.05, 3.63) is 30.2 Å². The molecule has 2 aliphatic heterocycles. The largest absolute Gasteiger partial charge is 0.463 e. The molecule has 6 heteroatoms. The van der Waals surface area contributed by atoms with E-state index in [1.54, 1.807) is 12.3 Å². The average molecular weight is 286 g/mol. The Bertz CT molecular complexity index is 634. The molecule has 2 unspecified atom stereocenters. The average Bonchev–Trinajstić information content (AvgIpc) is 3.17. The number of aromatic amines is 1. The molecule has 2 aromatic heterocycles. The number of fused-ring (bicyclic) bond motifs is 2. The van der Waals surface area contributed by atoms with Crippen molar-refractivity contribution < 1.29 is 9.21 Å². The summed E-state index contributed by atoms with van der Waals surface area (Å²) in [6.45, 7) is 1.58. The van der Waals surface area contributed by atoms with Gasteiger partial charge in [0.25, 0.3) is 5.91 Å². The Hall–Kier alpha value is -2.08. The maximum absolute atomic E-state index is 12.6. The van der Waals surface area contributed by atoms with Gasteiger partial charge in [0, 0.05) is 31.2 Å². The zero-order chi connectivity index (χ0) is 14.2. The van der Waals surface area contributed by atoms with E-state index < -0.39 is 0 Å². The molecule has 0 aliphatic carbocycles. The van der Waals surface area contributed by atoms with Gasteiger partial charge in [-0.05, 0) is 31.4 Å². The van der Waals surface area contributed by atoms with Crippen LogP contribution in [-0.4, -0.2) is 46.2 Å². The Balaban J connectivity index is 1.52. The summed E-state index contributed by atoms with van der Waals surface area (Å²) in [5.41, 5.74) is 1.19. The maximum Gasteiger partial charge on any atom is 0.274 e. The van der Waals surface area contributed by atoms with Gasteiger partial charge >= 0.3 is 0 Å². The first kappa shape index (κ1) is 12.6. The standard InChI is InChI=1S/C15H18N4O2/c20-15(19-6-5-10-3-4-11(9-19)16-10)13-8-12(17-18-13)14-2-1-7-21-14/h1-2,7-8,10-11,16H,3-6,9H2,(H,17,18). The summed E-state index contributed by atoms with van der Waals surface area (Å²) in [4.78, 5) is 14.5. The maximum atomic E-state index is 12.6. The van der Waals surface area contributed by atoms with Gasteiger partial charge in [-0.2, -0.15) is 5.10 Å². The Kier molecular flexibility index (Phi) is 3.03. The van der Waals surface area contributed by atoms with Gasteiger partial charge in [-0.3, -0.25) is 9.89 Å². The van der Waals surface area contributed by atoms with Crippen LogP contribution < -0.4 is 5.32 Å². The van der Waals surface area contributed by atoms with Gasteiger partial charge in [-0.15, -0.1) is 0 Å². The van der Waals surface area contributed by atoms with Crippen molar-refractivity contribution in [2.75, 3.05) is 13.1 Å². The lowest BCUT2D eigenvalue weighted by Gasteiger charge is -2.23. The van der Waals surface area contributed by atoms with E-state index >= 15 is 0 Å². The van der Waals surface area contributed by atoms with E-state index in [9.17, 15) is 4.79 Å². The number of aromatic nitrogens is 2. The number of carbonyl (C=O) groups is 1. The highest BCUT2D eigenvalue weighted by molar-refractivity contribution is 5.93. The number of carbonyl (C=O) groups excluding carboxylic acids is 1. The van der Waals surface area contributed by atoms with Gasteiger partial charge in [-0.1, -0.05) is 0 Å². The Morgan fingerprint density at radius 1 is 1.33 bits per heavy atom. The molecule has 1 amide bonds. The third-order valence-corrected chi connectivity index (χ3v) is 4.39. The molecule has 2 fully saturated rings. The molecule has 110 valence electrons. The molecule has 4 heterocycles. The highest BCUT2D eigenvalue weighted by Crippen LogP contribution is 2.23. The third kappa shape index (κ3) is 2.35. The normalized spacial score (nSPS) is 25.0. The summed E-state index contributed by atoms with van der Waals surface area (Å²) in [5, 5.41) is 10.6. The number of H-pyrrole nitrogens is 1. The predicted octanol–water partition coefficient (Wildman–Crippen LogP) is 1.64. The summed E-state index contributed by atoms with van der Waals surface area (Å²) < 4.78 is 5.31. The van der Waals surface area contributed by atoms with Crippen LogP contribution in [0.3, 0.4) is 0 Å². The number of amides is 1. The van der Waals surface area contributed by atoms with Crippen molar-refractivity contribution in [2.24, 2.45) is 0 Å². The van der Waals surface area contributed by atoms with Crippen LogP contribution in [0.25, 0.3) is 11.5 Å². The fourth-order valence-electron chi connectivity index (χ4n) is 3.28. The van der Waals surface area contributed by atoms with Gasteiger partial charge in [0.2, 0.25) is 0 Å². The molecule has 0 radical (unpaired) electrons. The van der Waals surface area contributed by atoms with Crippen molar-refractivity contribution in [1.82, 2.24) is 20.4 Å². The number of hydrogen-bond donors (Lipinski definition) is 2. The molecule has 2 saturated heterocycles.